The Morgan fingerprint density at radius 3 is 2.77 bits per heavy atom. The van der Waals surface area contributed by atoms with Crippen molar-refractivity contribution in [3.63, 3.8) is 0 Å². The predicted molar refractivity (Wildman–Crippen MR) is 104 cm³/mol. The summed E-state index contributed by atoms with van der Waals surface area (Å²) in [5.74, 6) is -0.199. The Hall–Kier alpha value is -2.45. The van der Waals surface area contributed by atoms with Crippen LogP contribution in [0.4, 0.5) is 0 Å². The van der Waals surface area contributed by atoms with Crippen LogP contribution in [0.25, 0.3) is 10.1 Å². The van der Waals surface area contributed by atoms with Gasteiger partial charge >= 0.3 is 0 Å². The first-order valence-electron chi connectivity index (χ1n) is 8.02. The summed E-state index contributed by atoms with van der Waals surface area (Å²) in [5, 5.41) is 3.45. The number of nitrogens with zero attached hydrogens (tertiary/aromatic N) is 1. The SMILES string of the molecule is Cc1ncsc1COc1ccc2sc(C)c(C(=O)N[C@H](C)C(N)=O)c2c1. The highest BCUT2D eigenvalue weighted by molar-refractivity contribution is 7.19. The van der Waals surface area contributed by atoms with Crippen molar-refractivity contribution < 1.29 is 14.3 Å². The van der Waals surface area contributed by atoms with Gasteiger partial charge in [-0.3, -0.25) is 9.59 Å². The third-order valence-electron chi connectivity index (χ3n) is 4.05. The minimum atomic E-state index is -0.731. The van der Waals surface area contributed by atoms with Crippen LogP contribution in [-0.4, -0.2) is 22.8 Å². The summed E-state index contributed by atoms with van der Waals surface area (Å²) in [6.07, 6.45) is 0. The quantitative estimate of drug-likeness (QED) is 0.677. The van der Waals surface area contributed by atoms with Gasteiger partial charge in [0.15, 0.2) is 0 Å². The molecule has 3 rings (SSSR count). The van der Waals surface area contributed by atoms with E-state index in [9.17, 15) is 9.59 Å². The maximum Gasteiger partial charge on any atom is 0.253 e. The van der Waals surface area contributed by atoms with Gasteiger partial charge in [-0.2, -0.15) is 0 Å². The molecule has 3 aromatic rings. The summed E-state index contributed by atoms with van der Waals surface area (Å²) >= 11 is 3.08. The second-order valence-electron chi connectivity index (χ2n) is 5.94. The first-order valence-corrected chi connectivity index (χ1v) is 9.71. The summed E-state index contributed by atoms with van der Waals surface area (Å²) in [6, 6.07) is 4.96. The number of carbonyl (C=O) groups is 2. The van der Waals surface area contributed by atoms with Crippen LogP contribution >= 0.6 is 22.7 Å². The fourth-order valence-electron chi connectivity index (χ4n) is 2.52. The topological polar surface area (TPSA) is 94.3 Å². The van der Waals surface area contributed by atoms with Crippen LogP contribution < -0.4 is 15.8 Å². The zero-order valence-electron chi connectivity index (χ0n) is 14.7. The van der Waals surface area contributed by atoms with Gasteiger partial charge in [0.1, 0.15) is 18.4 Å². The number of nitrogens with one attached hydrogen (secondary N) is 1. The number of thiophene rings is 1. The first-order chi connectivity index (χ1) is 12.4. The normalized spacial score (nSPS) is 12.1. The molecule has 0 radical (unpaired) electrons. The lowest BCUT2D eigenvalue weighted by molar-refractivity contribution is -0.119. The van der Waals surface area contributed by atoms with Gasteiger partial charge in [0.2, 0.25) is 5.91 Å². The van der Waals surface area contributed by atoms with Crippen molar-refractivity contribution in [1.29, 1.82) is 0 Å². The van der Waals surface area contributed by atoms with Crippen molar-refractivity contribution in [3.05, 3.63) is 44.7 Å². The molecule has 0 aliphatic carbocycles. The average Bonchev–Trinajstić information content (AvgIpc) is 3.14. The van der Waals surface area contributed by atoms with E-state index in [1.807, 2.05) is 32.0 Å². The molecule has 6 nitrogen and oxygen atoms in total. The molecular weight excluding hydrogens is 370 g/mol. The van der Waals surface area contributed by atoms with Gasteiger partial charge in [0.25, 0.3) is 5.91 Å². The van der Waals surface area contributed by atoms with E-state index in [4.69, 9.17) is 10.5 Å². The largest absolute Gasteiger partial charge is 0.488 e. The molecule has 0 bridgehead atoms. The minimum Gasteiger partial charge on any atom is -0.488 e. The Kier molecular flexibility index (Phi) is 5.24. The van der Waals surface area contributed by atoms with Crippen LogP contribution in [0.1, 0.15) is 32.7 Å². The van der Waals surface area contributed by atoms with E-state index < -0.39 is 11.9 Å². The summed E-state index contributed by atoms with van der Waals surface area (Å²) in [5.41, 5.74) is 8.54. The third-order valence-corrected chi connectivity index (χ3v) is 6.05. The molecule has 3 N–H and O–H groups in total. The molecular formula is C18H19N3O3S2. The monoisotopic (exact) mass is 389 g/mol. The van der Waals surface area contributed by atoms with Crippen molar-refractivity contribution in [1.82, 2.24) is 10.3 Å². The average molecular weight is 390 g/mol. The fraction of sp³-hybridized carbons (Fsp3) is 0.278. The summed E-state index contributed by atoms with van der Waals surface area (Å²) in [4.78, 5) is 30.0. The molecule has 2 heterocycles. The number of primary amides is 1. The summed E-state index contributed by atoms with van der Waals surface area (Å²) in [7, 11) is 0. The number of amides is 2. The van der Waals surface area contributed by atoms with Gasteiger partial charge in [0.05, 0.1) is 21.6 Å². The van der Waals surface area contributed by atoms with Gasteiger partial charge in [-0.15, -0.1) is 22.7 Å². The van der Waals surface area contributed by atoms with Crippen LogP contribution in [0, 0.1) is 13.8 Å². The van der Waals surface area contributed by atoms with Crippen molar-refractivity contribution in [2.45, 2.75) is 33.4 Å². The molecule has 1 aromatic carbocycles. The van der Waals surface area contributed by atoms with E-state index in [0.717, 1.165) is 25.5 Å². The summed E-state index contributed by atoms with van der Waals surface area (Å²) < 4.78 is 6.86. The maximum absolute atomic E-state index is 12.6. The smallest absolute Gasteiger partial charge is 0.253 e. The van der Waals surface area contributed by atoms with E-state index in [1.54, 1.807) is 23.8 Å². The zero-order chi connectivity index (χ0) is 18.8. The molecule has 1 atom stereocenters. The predicted octanol–water partition coefficient (Wildman–Crippen LogP) is 3.16. The zero-order valence-corrected chi connectivity index (χ0v) is 16.3. The van der Waals surface area contributed by atoms with Crippen LogP contribution in [-0.2, 0) is 11.4 Å². The van der Waals surface area contributed by atoms with Gasteiger partial charge in [-0.25, -0.2) is 4.98 Å². The standard InChI is InChI=1S/C18H19N3O3S2/c1-9-15(25-8-20-9)7-24-12-4-5-14-13(6-12)16(11(3)26-14)18(23)21-10(2)17(19)22/h4-6,8,10H,7H2,1-3H3,(H2,19,22)(H,21,23)/t10-/m1/s1. The number of aryl methyl sites for hydroxylation is 2. The number of fused-ring (bicyclic) bond motifs is 1. The van der Waals surface area contributed by atoms with Gasteiger partial charge in [0, 0.05) is 15.0 Å². The molecule has 2 amide bonds. The fourth-order valence-corrected chi connectivity index (χ4v) is 4.25. The molecule has 0 aliphatic rings. The molecule has 0 spiro atoms. The Morgan fingerprint density at radius 1 is 1.35 bits per heavy atom. The Balaban J connectivity index is 1.87. The number of aromatic nitrogens is 1. The molecule has 0 fully saturated rings. The molecule has 0 aliphatic heterocycles. The number of nitrogens with two attached hydrogens (primary N) is 1. The second kappa shape index (κ2) is 7.43. The van der Waals surface area contributed by atoms with Gasteiger partial charge in [-0.05, 0) is 39.0 Å². The lowest BCUT2D eigenvalue weighted by Crippen LogP contribution is -2.42. The maximum atomic E-state index is 12.6. The van der Waals surface area contributed by atoms with Crippen LogP contribution in [0.5, 0.6) is 5.75 Å². The number of hydrogen-bond donors (Lipinski definition) is 2. The highest BCUT2D eigenvalue weighted by atomic mass is 32.1. The lowest BCUT2D eigenvalue weighted by atomic mass is 10.1. The van der Waals surface area contributed by atoms with Gasteiger partial charge < -0.3 is 15.8 Å². The van der Waals surface area contributed by atoms with Crippen LogP contribution in [0.15, 0.2) is 23.7 Å². The van der Waals surface area contributed by atoms with Crippen LogP contribution in [0.2, 0.25) is 0 Å². The Bertz CT molecular complexity index is 977. The number of rotatable bonds is 6. The van der Waals surface area contributed by atoms with Crippen molar-refractivity contribution in [3.8, 4) is 5.75 Å². The molecule has 0 saturated heterocycles. The minimum absolute atomic E-state index is 0.310. The molecule has 8 heteroatoms. The van der Waals surface area contributed by atoms with E-state index in [2.05, 4.69) is 10.3 Å². The number of thiazole rings is 1. The van der Waals surface area contributed by atoms with Crippen LogP contribution in [0.3, 0.4) is 0 Å². The van der Waals surface area contributed by atoms with Crippen molar-refractivity contribution in [2.24, 2.45) is 5.73 Å². The first kappa shape index (κ1) is 18.3. The van der Waals surface area contributed by atoms with E-state index in [-0.39, 0.29) is 5.91 Å². The Labute approximate surface area is 159 Å². The molecule has 2 aromatic heterocycles. The van der Waals surface area contributed by atoms with E-state index >= 15 is 0 Å². The van der Waals surface area contributed by atoms with Crippen molar-refractivity contribution in [2.75, 3.05) is 0 Å². The number of ether oxygens (including phenoxy) is 1. The molecule has 26 heavy (non-hydrogen) atoms. The van der Waals surface area contributed by atoms with E-state index in [1.165, 1.54) is 11.3 Å². The molecule has 0 saturated carbocycles. The highest BCUT2D eigenvalue weighted by Crippen LogP contribution is 2.34. The van der Waals surface area contributed by atoms with Gasteiger partial charge in [-0.1, -0.05) is 0 Å². The Morgan fingerprint density at radius 2 is 2.12 bits per heavy atom. The van der Waals surface area contributed by atoms with Crippen molar-refractivity contribution >= 4 is 44.6 Å². The van der Waals surface area contributed by atoms with E-state index in [0.29, 0.717) is 17.9 Å². The number of benzene rings is 1. The number of carbonyl (C=O) groups excluding carboxylic acids is 2. The summed E-state index contributed by atoms with van der Waals surface area (Å²) in [6.45, 7) is 5.83. The molecule has 136 valence electrons. The highest BCUT2D eigenvalue weighted by Gasteiger charge is 2.20. The third kappa shape index (κ3) is 3.71. The lowest BCUT2D eigenvalue weighted by Gasteiger charge is -2.11. The number of hydrogen-bond acceptors (Lipinski definition) is 6. The second-order valence-corrected chi connectivity index (χ2v) is 8.13. The molecule has 0 unspecified atom stereocenters.